The number of unbranched alkanes of at least 4 members (excludes halogenated alkanes) is 4. The SMILES string of the molecule is CCCCCCCc1cccc(NC(=O)c2ccc3c(c2)C(=O)N(C[C@@H]2CCCO2)C3=O)c1. The lowest BCUT2D eigenvalue weighted by Crippen LogP contribution is -2.36. The van der Waals surface area contributed by atoms with Gasteiger partial charge in [-0.15, -0.1) is 0 Å². The molecule has 2 aromatic carbocycles. The fraction of sp³-hybridized carbons (Fsp3) is 0.444. The van der Waals surface area contributed by atoms with Crippen molar-refractivity contribution in [3.63, 3.8) is 0 Å². The number of nitrogens with one attached hydrogen (secondary N) is 1. The molecule has 2 aliphatic heterocycles. The van der Waals surface area contributed by atoms with Crippen LogP contribution in [0.1, 0.15) is 88.5 Å². The predicted octanol–water partition coefficient (Wildman–Crippen LogP) is 5.23. The second-order valence-corrected chi connectivity index (χ2v) is 8.94. The Hall–Kier alpha value is -2.99. The van der Waals surface area contributed by atoms with E-state index in [1.54, 1.807) is 12.1 Å². The van der Waals surface area contributed by atoms with Gasteiger partial charge in [0, 0.05) is 17.9 Å². The Labute approximate surface area is 195 Å². The summed E-state index contributed by atoms with van der Waals surface area (Å²) in [5.74, 6) is -0.968. The van der Waals surface area contributed by atoms with Crippen LogP contribution in [0.15, 0.2) is 42.5 Å². The number of hydrogen-bond donors (Lipinski definition) is 1. The molecule has 4 rings (SSSR count). The molecule has 0 aliphatic carbocycles. The lowest BCUT2D eigenvalue weighted by molar-refractivity contribution is 0.0475. The largest absolute Gasteiger partial charge is 0.376 e. The molecule has 0 radical (unpaired) electrons. The Balaban J connectivity index is 1.39. The van der Waals surface area contributed by atoms with Gasteiger partial charge in [-0.1, -0.05) is 44.7 Å². The van der Waals surface area contributed by atoms with Gasteiger partial charge < -0.3 is 10.1 Å². The molecule has 6 heteroatoms. The second-order valence-electron chi connectivity index (χ2n) is 8.94. The summed E-state index contributed by atoms with van der Waals surface area (Å²) < 4.78 is 5.58. The summed E-state index contributed by atoms with van der Waals surface area (Å²) in [5, 5.41) is 2.93. The molecule has 33 heavy (non-hydrogen) atoms. The van der Waals surface area contributed by atoms with E-state index in [9.17, 15) is 14.4 Å². The molecule has 0 unspecified atom stereocenters. The van der Waals surface area contributed by atoms with Gasteiger partial charge in [0.15, 0.2) is 0 Å². The van der Waals surface area contributed by atoms with Crippen LogP contribution < -0.4 is 5.32 Å². The number of aryl methyl sites for hydroxylation is 1. The van der Waals surface area contributed by atoms with E-state index in [2.05, 4.69) is 18.3 Å². The zero-order chi connectivity index (χ0) is 23.2. The first-order chi connectivity index (χ1) is 16.1. The standard InChI is InChI=1S/C27H32N2O4/c1-2-3-4-5-6-9-19-10-7-11-21(16-19)28-25(30)20-13-14-23-24(17-20)27(32)29(26(23)31)18-22-12-8-15-33-22/h7,10-11,13-14,16-17,22H,2-6,8-9,12,15,18H2,1H3,(H,28,30)/t22-/m0/s1. The van der Waals surface area contributed by atoms with Crippen molar-refractivity contribution < 1.29 is 19.1 Å². The molecule has 1 N–H and O–H groups in total. The van der Waals surface area contributed by atoms with E-state index in [0.29, 0.717) is 17.7 Å². The number of ether oxygens (including phenoxy) is 1. The number of anilines is 1. The lowest BCUT2D eigenvalue weighted by Gasteiger charge is -2.17. The zero-order valence-corrected chi connectivity index (χ0v) is 19.3. The molecule has 6 nitrogen and oxygen atoms in total. The molecule has 1 fully saturated rings. The Morgan fingerprint density at radius 1 is 1.03 bits per heavy atom. The zero-order valence-electron chi connectivity index (χ0n) is 19.3. The lowest BCUT2D eigenvalue weighted by atomic mass is 10.0. The molecule has 3 amide bonds. The quantitative estimate of drug-likeness (QED) is 0.399. The van der Waals surface area contributed by atoms with Gasteiger partial charge in [-0.3, -0.25) is 19.3 Å². The van der Waals surface area contributed by atoms with Crippen LogP contribution in [-0.2, 0) is 11.2 Å². The van der Waals surface area contributed by atoms with Gasteiger partial charge in [-0.25, -0.2) is 0 Å². The fourth-order valence-electron chi connectivity index (χ4n) is 4.53. The summed E-state index contributed by atoms with van der Waals surface area (Å²) in [6, 6.07) is 12.6. The molecule has 1 saturated heterocycles. The van der Waals surface area contributed by atoms with Gasteiger partial charge >= 0.3 is 0 Å². The number of benzene rings is 2. The van der Waals surface area contributed by atoms with Crippen LogP contribution in [0, 0.1) is 0 Å². The van der Waals surface area contributed by atoms with Gasteiger partial charge in [-0.05, 0) is 61.6 Å². The van der Waals surface area contributed by atoms with Crippen molar-refractivity contribution in [1.82, 2.24) is 4.90 Å². The summed E-state index contributed by atoms with van der Waals surface area (Å²) in [7, 11) is 0. The van der Waals surface area contributed by atoms with Crippen LogP contribution in [0.2, 0.25) is 0 Å². The Morgan fingerprint density at radius 2 is 1.85 bits per heavy atom. The molecule has 0 bridgehead atoms. The van der Waals surface area contributed by atoms with E-state index in [1.807, 2.05) is 18.2 Å². The van der Waals surface area contributed by atoms with E-state index in [4.69, 9.17) is 4.74 Å². The third-order valence-electron chi connectivity index (χ3n) is 6.40. The van der Waals surface area contributed by atoms with Crippen LogP contribution in [0.25, 0.3) is 0 Å². The van der Waals surface area contributed by atoms with Crippen molar-refractivity contribution in [3.8, 4) is 0 Å². The van der Waals surface area contributed by atoms with E-state index in [-0.39, 0.29) is 35.9 Å². The van der Waals surface area contributed by atoms with Crippen LogP contribution in [0.3, 0.4) is 0 Å². The molecule has 2 heterocycles. The third kappa shape index (κ3) is 5.50. The third-order valence-corrected chi connectivity index (χ3v) is 6.40. The normalized spacial score (nSPS) is 17.5. The Kier molecular flexibility index (Phi) is 7.55. The number of imide groups is 1. The maximum Gasteiger partial charge on any atom is 0.261 e. The summed E-state index contributed by atoms with van der Waals surface area (Å²) >= 11 is 0. The molecule has 0 saturated carbocycles. The van der Waals surface area contributed by atoms with E-state index >= 15 is 0 Å². The van der Waals surface area contributed by atoms with Crippen molar-refractivity contribution in [1.29, 1.82) is 0 Å². The highest BCUT2D eigenvalue weighted by atomic mass is 16.5. The predicted molar refractivity (Wildman–Crippen MR) is 128 cm³/mol. The Bertz CT molecular complexity index is 1030. The smallest absolute Gasteiger partial charge is 0.261 e. The number of fused-ring (bicyclic) bond motifs is 1. The number of nitrogens with zero attached hydrogens (tertiary/aromatic N) is 1. The first kappa shape index (κ1) is 23.2. The molecular formula is C27H32N2O4. The molecule has 174 valence electrons. The summed E-state index contributed by atoms with van der Waals surface area (Å²) in [4.78, 5) is 39.7. The number of rotatable bonds is 10. The molecule has 2 aromatic rings. The molecule has 2 aliphatic rings. The van der Waals surface area contributed by atoms with Crippen molar-refractivity contribution >= 4 is 23.4 Å². The van der Waals surface area contributed by atoms with Crippen LogP contribution in [0.5, 0.6) is 0 Å². The second kappa shape index (κ2) is 10.8. The monoisotopic (exact) mass is 448 g/mol. The van der Waals surface area contributed by atoms with Gasteiger partial charge in [-0.2, -0.15) is 0 Å². The molecule has 0 aromatic heterocycles. The maximum atomic E-state index is 12.9. The number of carbonyl (C=O) groups is 3. The fourth-order valence-corrected chi connectivity index (χ4v) is 4.53. The van der Waals surface area contributed by atoms with Gasteiger partial charge in [0.2, 0.25) is 0 Å². The van der Waals surface area contributed by atoms with E-state index < -0.39 is 0 Å². The Morgan fingerprint density at radius 3 is 2.64 bits per heavy atom. The van der Waals surface area contributed by atoms with Gasteiger partial charge in [0.25, 0.3) is 17.7 Å². The summed E-state index contributed by atoms with van der Waals surface area (Å²) in [6.07, 6.45) is 8.80. The number of amides is 3. The average molecular weight is 449 g/mol. The van der Waals surface area contributed by atoms with E-state index in [1.165, 1.54) is 42.2 Å². The summed E-state index contributed by atoms with van der Waals surface area (Å²) in [5.41, 5.74) is 2.92. The molecular weight excluding hydrogens is 416 g/mol. The average Bonchev–Trinajstić information content (AvgIpc) is 3.42. The minimum atomic E-state index is -0.356. The van der Waals surface area contributed by atoms with E-state index in [0.717, 1.165) is 31.4 Å². The number of hydrogen-bond acceptors (Lipinski definition) is 4. The van der Waals surface area contributed by atoms with Gasteiger partial charge in [0.1, 0.15) is 0 Å². The van der Waals surface area contributed by atoms with Crippen molar-refractivity contribution in [3.05, 3.63) is 64.7 Å². The highest BCUT2D eigenvalue weighted by molar-refractivity contribution is 6.22. The minimum Gasteiger partial charge on any atom is -0.376 e. The maximum absolute atomic E-state index is 12.9. The van der Waals surface area contributed by atoms with Gasteiger partial charge in [0.05, 0.1) is 23.8 Å². The van der Waals surface area contributed by atoms with Crippen LogP contribution in [-0.4, -0.2) is 41.9 Å². The van der Waals surface area contributed by atoms with Crippen molar-refractivity contribution in [2.75, 3.05) is 18.5 Å². The minimum absolute atomic E-state index is 0.103. The highest BCUT2D eigenvalue weighted by Gasteiger charge is 2.37. The highest BCUT2D eigenvalue weighted by Crippen LogP contribution is 2.26. The topological polar surface area (TPSA) is 75.7 Å². The van der Waals surface area contributed by atoms with Crippen LogP contribution >= 0.6 is 0 Å². The van der Waals surface area contributed by atoms with Crippen molar-refractivity contribution in [2.24, 2.45) is 0 Å². The molecule has 0 spiro atoms. The molecule has 1 atom stereocenters. The first-order valence-electron chi connectivity index (χ1n) is 12.1. The summed E-state index contributed by atoms with van der Waals surface area (Å²) in [6.45, 7) is 3.14. The van der Waals surface area contributed by atoms with Crippen LogP contribution in [0.4, 0.5) is 5.69 Å². The number of carbonyl (C=O) groups excluding carboxylic acids is 3. The van der Waals surface area contributed by atoms with Crippen molar-refractivity contribution in [2.45, 2.75) is 64.4 Å². The first-order valence-corrected chi connectivity index (χ1v) is 12.1.